The minimum absolute atomic E-state index is 0. The number of aryl methyl sites for hydroxylation is 1. The summed E-state index contributed by atoms with van der Waals surface area (Å²) in [6.07, 6.45) is 3.91. The first kappa shape index (κ1) is 22.8. The van der Waals surface area contributed by atoms with Crippen LogP contribution in [0, 0.1) is 18.6 Å². The average molecular weight is 511 g/mol. The Morgan fingerprint density at radius 1 is 1.10 bits per heavy atom. The highest BCUT2D eigenvalue weighted by Gasteiger charge is 2.08. The van der Waals surface area contributed by atoms with Crippen LogP contribution >= 0.6 is 24.0 Å². The number of hydrogen-bond donors (Lipinski definition) is 2. The summed E-state index contributed by atoms with van der Waals surface area (Å²) in [4.78, 5) is 8.26. The second-order valence-corrected chi connectivity index (χ2v) is 6.32. The molecule has 0 saturated carbocycles. The molecule has 3 aromatic rings. The Labute approximate surface area is 186 Å². The molecule has 29 heavy (non-hydrogen) atoms. The molecule has 0 spiro atoms. The summed E-state index contributed by atoms with van der Waals surface area (Å²) in [6.45, 7) is 2.78. The number of hydrogen-bond acceptors (Lipinski definition) is 2. The fourth-order valence-electron chi connectivity index (χ4n) is 2.91. The van der Waals surface area contributed by atoms with Crippen molar-refractivity contribution in [2.45, 2.75) is 19.9 Å². The van der Waals surface area contributed by atoms with Crippen LogP contribution in [0.1, 0.15) is 17.0 Å². The number of aliphatic imine (C=N–C) groups is 1. The molecular weight excluding hydrogens is 487 g/mol. The summed E-state index contributed by atoms with van der Waals surface area (Å²) >= 11 is 0. The topological polar surface area (TPSA) is 54.2 Å². The SMILES string of the molecule is CN=C(NCCc1ccccc1F)NCc1ccc(-n2ccnc2C)c(F)c1.I. The second kappa shape index (κ2) is 10.9. The largest absolute Gasteiger partial charge is 0.356 e. The molecule has 0 atom stereocenters. The predicted molar refractivity (Wildman–Crippen MR) is 122 cm³/mol. The van der Waals surface area contributed by atoms with Crippen molar-refractivity contribution in [2.24, 2.45) is 4.99 Å². The zero-order valence-electron chi connectivity index (χ0n) is 16.3. The van der Waals surface area contributed by atoms with Gasteiger partial charge in [-0.15, -0.1) is 24.0 Å². The lowest BCUT2D eigenvalue weighted by atomic mass is 10.1. The molecule has 0 aliphatic carbocycles. The Bertz CT molecular complexity index is 971. The number of imidazole rings is 1. The lowest BCUT2D eigenvalue weighted by molar-refractivity contribution is 0.606. The van der Waals surface area contributed by atoms with E-state index in [9.17, 15) is 8.78 Å². The van der Waals surface area contributed by atoms with Gasteiger partial charge in [0.2, 0.25) is 0 Å². The third-order valence-electron chi connectivity index (χ3n) is 4.43. The number of benzene rings is 2. The van der Waals surface area contributed by atoms with E-state index in [4.69, 9.17) is 0 Å². The molecule has 0 amide bonds. The van der Waals surface area contributed by atoms with Crippen LogP contribution in [-0.4, -0.2) is 29.1 Å². The summed E-state index contributed by atoms with van der Waals surface area (Å²) in [5.74, 6) is 0.773. The molecule has 0 bridgehead atoms. The van der Waals surface area contributed by atoms with E-state index < -0.39 is 0 Å². The average Bonchev–Trinajstić information content (AvgIpc) is 3.11. The molecule has 0 radical (unpaired) electrons. The van der Waals surface area contributed by atoms with Gasteiger partial charge in [0.05, 0.1) is 5.69 Å². The van der Waals surface area contributed by atoms with Crippen LogP contribution in [0.15, 0.2) is 59.9 Å². The first-order chi connectivity index (χ1) is 13.6. The van der Waals surface area contributed by atoms with Gasteiger partial charge >= 0.3 is 0 Å². The Kier molecular flexibility index (Phi) is 8.56. The molecule has 154 valence electrons. The minimum Gasteiger partial charge on any atom is -0.356 e. The smallest absolute Gasteiger partial charge is 0.191 e. The molecule has 0 aliphatic rings. The van der Waals surface area contributed by atoms with E-state index in [0.717, 1.165) is 11.4 Å². The molecule has 5 nitrogen and oxygen atoms in total. The van der Waals surface area contributed by atoms with E-state index >= 15 is 0 Å². The molecule has 8 heteroatoms. The van der Waals surface area contributed by atoms with Gasteiger partial charge in [0.15, 0.2) is 5.96 Å². The fourth-order valence-corrected chi connectivity index (χ4v) is 2.91. The van der Waals surface area contributed by atoms with Crippen LogP contribution < -0.4 is 10.6 Å². The quantitative estimate of drug-likeness (QED) is 0.299. The predicted octanol–water partition coefficient (Wildman–Crippen LogP) is 3.98. The summed E-state index contributed by atoms with van der Waals surface area (Å²) in [5, 5.41) is 6.28. The van der Waals surface area contributed by atoms with Crippen molar-refractivity contribution in [2.75, 3.05) is 13.6 Å². The maximum atomic E-state index is 14.5. The van der Waals surface area contributed by atoms with Gasteiger partial charge in [0, 0.05) is 32.5 Å². The maximum Gasteiger partial charge on any atom is 0.191 e. The number of halogens is 3. The Hall–Kier alpha value is -2.49. The van der Waals surface area contributed by atoms with Crippen molar-refractivity contribution in [3.8, 4) is 5.69 Å². The third-order valence-corrected chi connectivity index (χ3v) is 4.43. The highest BCUT2D eigenvalue weighted by Crippen LogP contribution is 2.16. The van der Waals surface area contributed by atoms with E-state index in [-0.39, 0.29) is 35.6 Å². The Balaban J connectivity index is 0.00000300. The molecule has 2 N–H and O–H groups in total. The zero-order chi connectivity index (χ0) is 19.9. The van der Waals surface area contributed by atoms with E-state index in [1.54, 1.807) is 42.2 Å². The van der Waals surface area contributed by atoms with Gasteiger partial charge in [-0.3, -0.25) is 4.99 Å². The van der Waals surface area contributed by atoms with Crippen LogP contribution in [0.5, 0.6) is 0 Å². The van der Waals surface area contributed by atoms with E-state index in [0.29, 0.717) is 36.7 Å². The third kappa shape index (κ3) is 5.99. The van der Waals surface area contributed by atoms with Crippen LogP contribution in [0.25, 0.3) is 5.69 Å². The van der Waals surface area contributed by atoms with Crippen LogP contribution in [0.4, 0.5) is 8.78 Å². The van der Waals surface area contributed by atoms with Gasteiger partial charge in [0.1, 0.15) is 17.5 Å². The Morgan fingerprint density at radius 2 is 1.90 bits per heavy atom. The number of aromatic nitrogens is 2. The molecule has 1 heterocycles. The first-order valence-electron chi connectivity index (χ1n) is 9.05. The number of nitrogens with zero attached hydrogens (tertiary/aromatic N) is 3. The van der Waals surface area contributed by atoms with E-state index in [1.807, 2.05) is 19.1 Å². The van der Waals surface area contributed by atoms with E-state index in [2.05, 4.69) is 20.6 Å². The van der Waals surface area contributed by atoms with Crippen molar-refractivity contribution in [3.05, 3.63) is 83.4 Å². The standard InChI is InChI=1S/C21H23F2N5.HI/c1-15-25-11-12-28(15)20-8-7-16(13-19(20)23)14-27-21(24-2)26-10-9-17-5-3-4-6-18(17)22;/h3-8,11-13H,9-10,14H2,1-2H3,(H2,24,26,27);1H. The highest BCUT2D eigenvalue weighted by molar-refractivity contribution is 14.0. The van der Waals surface area contributed by atoms with Crippen molar-refractivity contribution < 1.29 is 8.78 Å². The molecule has 1 aromatic heterocycles. The van der Waals surface area contributed by atoms with Crippen molar-refractivity contribution in [1.82, 2.24) is 20.2 Å². The van der Waals surface area contributed by atoms with Gasteiger partial charge in [0.25, 0.3) is 0 Å². The van der Waals surface area contributed by atoms with Crippen molar-refractivity contribution in [3.63, 3.8) is 0 Å². The fraction of sp³-hybridized carbons (Fsp3) is 0.238. The summed E-state index contributed by atoms with van der Waals surface area (Å²) in [7, 11) is 1.66. The molecule has 0 saturated heterocycles. The van der Waals surface area contributed by atoms with Gasteiger partial charge in [-0.1, -0.05) is 24.3 Å². The maximum absolute atomic E-state index is 14.5. The molecule has 3 rings (SSSR count). The van der Waals surface area contributed by atoms with Gasteiger partial charge in [-0.25, -0.2) is 13.8 Å². The number of nitrogens with one attached hydrogen (secondary N) is 2. The zero-order valence-corrected chi connectivity index (χ0v) is 18.7. The number of guanidine groups is 1. The Morgan fingerprint density at radius 3 is 2.55 bits per heavy atom. The molecule has 0 unspecified atom stereocenters. The molecule has 0 aliphatic heterocycles. The van der Waals surface area contributed by atoms with Gasteiger partial charge in [-0.2, -0.15) is 0 Å². The van der Waals surface area contributed by atoms with Crippen LogP contribution in [0.3, 0.4) is 0 Å². The van der Waals surface area contributed by atoms with Crippen molar-refractivity contribution >= 4 is 29.9 Å². The highest BCUT2D eigenvalue weighted by atomic mass is 127. The lowest BCUT2D eigenvalue weighted by Crippen LogP contribution is -2.37. The van der Waals surface area contributed by atoms with Gasteiger partial charge in [-0.05, 0) is 42.7 Å². The first-order valence-corrected chi connectivity index (χ1v) is 9.05. The monoisotopic (exact) mass is 511 g/mol. The summed E-state index contributed by atoms with van der Waals surface area (Å²) < 4.78 is 29.8. The minimum atomic E-state index is -0.317. The molecule has 0 fully saturated rings. The lowest BCUT2D eigenvalue weighted by Gasteiger charge is -2.13. The number of rotatable bonds is 6. The van der Waals surface area contributed by atoms with Crippen LogP contribution in [0.2, 0.25) is 0 Å². The van der Waals surface area contributed by atoms with E-state index in [1.165, 1.54) is 12.1 Å². The second-order valence-electron chi connectivity index (χ2n) is 6.32. The molecule has 2 aromatic carbocycles. The normalized spacial score (nSPS) is 11.1. The van der Waals surface area contributed by atoms with Crippen LogP contribution in [-0.2, 0) is 13.0 Å². The summed E-state index contributed by atoms with van der Waals surface area (Å²) in [5.41, 5.74) is 1.90. The van der Waals surface area contributed by atoms with Gasteiger partial charge < -0.3 is 15.2 Å². The van der Waals surface area contributed by atoms with Crippen molar-refractivity contribution in [1.29, 1.82) is 0 Å². The molecular formula is C21H24F2IN5. The summed E-state index contributed by atoms with van der Waals surface area (Å²) in [6, 6.07) is 11.8.